The molecule has 0 saturated heterocycles. The zero-order valence-electron chi connectivity index (χ0n) is 9.87. The van der Waals surface area contributed by atoms with Crippen molar-refractivity contribution in [3.8, 4) is 0 Å². The summed E-state index contributed by atoms with van der Waals surface area (Å²) in [5, 5.41) is 4.78. The summed E-state index contributed by atoms with van der Waals surface area (Å²) in [7, 11) is 0. The molecule has 1 amide bonds. The monoisotopic (exact) mass is 364 g/mol. The average molecular weight is 365 g/mol. The number of benzene rings is 1. The molecule has 1 aromatic heterocycles. The smallest absolute Gasteiger partial charge is 0.346 e. The van der Waals surface area contributed by atoms with E-state index in [4.69, 9.17) is 0 Å². The molecule has 2 aromatic rings. The first-order valence-electron chi connectivity index (χ1n) is 5.41. The summed E-state index contributed by atoms with van der Waals surface area (Å²) in [6.45, 7) is 0.101. The fourth-order valence-corrected chi connectivity index (χ4v) is 2.46. The van der Waals surface area contributed by atoms with Gasteiger partial charge in [0.15, 0.2) is 0 Å². The largest absolute Gasteiger partial charge is 0.417 e. The lowest BCUT2D eigenvalue weighted by molar-refractivity contribution is -0.138. The van der Waals surface area contributed by atoms with E-state index in [1.54, 1.807) is 11.6 Å². The van der Waals surface area contributed by atoms with Crippen LogP contribution in [-0.2, 0) is 12.7 Å². The SMILES string of the molecule is O=C(NCc1nccs1)c1ccc(Br)cc1C(F)(F)F. The van der Waals surface area contributed by atoms with Gasteiger partial charge in [0.1, 0.15) is 5.01 Å². The molecule has 2 rings (SSSR count). The Labute approximate surface area is 125 Å². The Morgan fingerprint density at radius 2 is 2.15 bits per heavy atom. The van der Waals surface area contributed by atoms with Crippen LogP contribution in [0.4, 0.5) is 13.2 Å². The number of nitrogens with zero attached hydrogens (tertiary/aromatic N) is 1. The Hall–Kier alpha value is -1.41. The highest BCUT2D eigenvalue weighted by atomic mass is 79.9. The molecular formula is C12H8BrF3N2OS. The van der Waals surface area contributed by atoms with Gasteiger partial charge in [0.05, 0.1) is 17.7 Å². The fraction of sp³-hybridized carbons (Fsp3) is 0.167. The third-order valence-electron chi connectivity index (χ3n) is 2.42. The van der Waals surface area contributed by atoms with Crippen molar-refractivity contribution in [3.05, 3.63) is 50.4 Å². The van der Waals surface area contributed by atoms with Crippen molar-refractivity contribution in [1.82, 2.24) is 10.3 Å². The van der Waals surface area contributed by atoms with Crippen LogP contribution in [0.2, 0.25) is 0 Å². The first-order chi connectivity index (χ1) is 9.38. The number of halogens is 4. The van der Waals surface area contributed by atoms with Crippen molar-refractivity contribution >= 4 is 33.2 Å². The Morgan fingerprint density at radius 3 is 2.75 bits per heavy atom. The van der Waals surface area contributed by atoms with E-state index in [1.165, 1.54) is 17.4 Å². The van der Waals surface area contributed by atoms with E-state index in [1.807, 2.05) is 0 Å². The molecule has 1 heterocycles. The van der Waals surface area contributed by atoms with Gasteiger partial charge in [-0.05, 0) is 18.2 Å². The Kier molecular flexibility index (Phi) is 4.44. The second-order valence-electron chi connectivity index (χ2n) is 3.80. The minimum absolute atomic E-state index is 0.101. The standard InChI is InChI=1S/C12H8BrF3N2OS/c13-7-1-2-8(9(5-7)12(14,15)16)11(19)18-6-10-17-3-4-20-10/h1-5H,6H2,(H,18,19). The van der Waals surface area contributed by atoms with Crippen molar-refractivity contribution < 1.29 is 18.0 Å². The van der Waals surface area contributed by atoms with E-state index < -0.39 is 23.2 Å². The predicted molar refractivity (Wildman–Crippen MR) is 72.4 cm³/mol. The van der Waals surface area contributed by atoms with Gasteiger partial charge < -0.3 is 5.32 Å². The first kappa shape index (κ1) is 15.0. The summed E-state index contributed by atoms with van der Waals surface area (Å²) in [6.07, 6.45) is -3.02. The topological polar surface area (TPSA) is 42.0 Å². The number of amides is 1. The molecule has 1 aromatic carbocycles. The maximum atomic E-state index is 12.9. The number of aromatic nitrogens is 1. The maximum absolute atomic E-state index is 12.9. The van der Waals surface area contributed by atoms with Gasteiger partial charge in [-0.15, -0.1) is 11.3 Å². The number of carbonyl (C=O) groups is 1. The lowest BCUT2D eigenvalue weighted by Crippen LogP contribution is -2.25. The Balaban J connectivity index is 2.21. The quantitative estimate of drug-likeness (QED) is 0.898. The van der Waals surface area contributed by atoms with Crippen LogP contribution in [0, 0.1) is 0 Å². The molecule has 20 heavy (non-hydrogen) atoms. The normalized spacial score (nSPS) is 11.4. The van der Waals surface area contributed by atoms with Gasteiger partial charge in [-0.3, -0.25) is 4.79 Å². The van der Waals surface area contributed by atoms with Crippen LogP contribution >= 0.6 is 27.3 Å². The zero-order valence-corrected chi connectivity index (χ0v) is 12.3. The molecule has 0 atom stereocenters. The molecule has 1 N–H and O–H groups in total. The molecule has 0 aliphatic rings. The van der Waals surface area contributed by atoms with Crippen LogP contribution in [0.15, 0.2) is 34.2 Å². The fourth-order valence-electron chi connectivity index (χ4n) is 1.54. The van der Waals surface area contributed by atoms with Gasteiger partial charge in [0.25, 0.3) is 5.91 Å². The molecule has 8 heteroatoms. The maximum Gasteiger partial charge on any atom is 0.417 e. The van der Waals surface area contributed by atoms with E-state index in [-0.39, 0.29) is 11.0 Å². The number of hydrogen-bond acceptors (Lipinski definition) is 3. The second-order valence-corrected chi connectivity index (χ2v) is 5.69. The summed E-state index contributed by atoms with van der Waals surface area (Å²) < 4.78 is 38.9. The van der Waals surface area contributed by atoms with Crippen molar-refractivity contribution in [2.45, 2.75) is 12.7 Å². The van der Waals surface area contributed by atoms with Gasteiger partial charge in [-0.2, -0.15) is 13.2 Å². The summed E-state index contributed by atoms with van der Waals surface area (Å²) in [6, 6.07) is 3.43. The van der Waals surface area contributed by atoms with E-state index in [9.17, 15) is 18.0 Å². The van der Waals surface area contributed by atoms with Crippen LogP contribution in [0.25, 0.3) is 0 Å². The van der Waals surface area contributed by atoms with Crippen molar-refractivity contribution in [1.29, 1.82) is 0 Å². The number of nitrogens with one attached hydrogen (secondary N) is 1. The van der Waals surface area contributed by atoms with Crippen LogP contribution in [0.3, 0.4) is 0 Å². The van der Waals surface area contributed by atoms with Crippen molar-refractivity contribution in [3.63, 3.8) is 0 Å². The van der Waals surface area contributed by atoms with Crippen LogP contribution < -0.4 is 5.32 Å². The van der Waals surface area contributed by atoms with Crippen LogP contribution in [-0.4, -0.2) is 10.9 Å². The van der Waals surface area contributed by atoms with Gasteiger partial charge in [0.2, 0.25) is 0 Å². The Bertz CT molecular complexity index is 614. The number of carbonyl (C=O) groups excluding carboxylic acids is 1. The number of hydrogen-bond donors (Lipinski definition) is 1. The van der Waals surface area contributed by atoms with Gasteiger partial charge in [-0.1, -0.05) is 15.9 Å². The first-order valence-corrected chi connectivity index (χ1v) is 7.08. The minimum Gasteiger partial charge on any atom is -0.346 e. The third kappa shape index (κ3) is 3.57. The molecule has 0 fully saturated rings. The third-order valence-corrected chi connectivity index (χ3v) is 3.69. The number of thiazole rings is 1. The molecule has 0 bridgehead atoms. The van der Waals surface area contributed by atoms with Gasteiger partial charge >= 0.3 is 6.18 Å². The average Bonchev–Trinajstić information content (AvgIpc) is 2.88. The van der Waals surface area contributed by atoms with Crippen LogP contribution in [0.1, 0.15) is 20.9 Å². The molecule has 0 aliphatic heterocycles. The predicted octanol–water partition coefficient (Wildman–Crippen LogP) is 3.85. The van der Waals surface area contributed by atoms with E-state index in [0.717, 1.165) is 12.1 Å². The minimum atomic E-state index is -4.59. The Morgan fingerprint density at radius 1 is 1.40 bits per heavy atom. The molecular weight excluding hydrogens is 357 g/mol. The van der Waals surface area contributed by atoms with E-state index in [2.05, 4.69) is 26.2 Å². The summed E-state index contributed by atoms with van der Waals surface area (Å²) in [5.74, 6) is -0.778. The van der Waals surface area contributed by atoms with Crippen LogP contribution in [0.5, 0.6) is 0 Å². The molecule has 0 spiro atoms. The second kappa shape index (κ2) is 5.92. The molecule has 3 nitrogen and oxygen atoms in total. The zero-order chi connectivity index (χ0) is 14.8. The molecule has 106 valence electrons. The molecule has 0 aliphatic carbocycles. The summed E-state index contributed by atoms with van der Waals surface area (Å²) in [4.78, 5) is 15.8. The van der Waals surface area contributed by atoms with Crippen molar-refractivity contribution in [2.24, 2.45) is 0 Å². The lowest BCUT2D eigenvalue weighted by Gasteiger charge is -2.13. The molecule has 0 saturated carbocycles. The lowest BCUT2D eigenvalue weighted by atomic mass is 10.1. The highest BCUT2D eigenvalue weighted by Crippen LogP contribution is 2.33. The van der Waals surface area contributed by atoms with Gasteiger partial charge in [-0.25, -0.2) is 4.98 Å². The highest BCUT2D eigenvalue weighted by Gasteiger charge is 2.35. The number of alkyl halides is 3. The highest BCUT2D eigenvalue weighted by molar-refractivity contribution is 9.10. The molecule has 0 unspecified atom stereocenters. The summed E-state index contributed by atoms with van der Waals surface area (Å²) in [5.41, 5.74) is -1.37. The van der Waals surface area contributed by atoms with E-state index in [0.29, 0.717) is 5.01 Å². The molecule has 0 radical (unpaired) electrons. The van der Waals surface area contributed by atoms with Gasteiger partial charge in [0, 0.05) is 16.0 Å². The summed E-state index contributed by atoms with van der Waals surface area (Å²) >= 11 is 4.29. The van der Waals surface area contributed by atoms with Crippen molar-refractivity contribution in [2.75, 3.05) is 0 Å². The number of rotatable bonds is 3. The van der Waals surface area contributed by atoms with E-state index >= 15 is 0 Å².